The maximum absolute atomic E-state index is 14.2. The molecule has 33 heavy (non-hydrogen) atoms. The summed E-state index contributed by atoms with van der Waals surface area (Å²) < 4.78 is 16.0. The largest absolute Gasteiger partial charge is 0.352 e. The van der Waals surface area contributed by atoms with Gasteiger partial charge in [0, 0.05) is 30.4 Å². The van der Waals surface area contributed by atoms with Crippen LogP contribution in [0.15, 0.2) is 88.6 Å². The third-order valence-electron chi connectivity index (χ3n) is 4.95. The number of nitrogens with zero attached hydrogens (tertiary/aromatic N) is 4. The van der Waals surface area contributed by atoms with Crippen molar-refractivity contribution in [3.8, 4) is 5.69 Å². The van der Waals surface area contributed by atoms with Crippen LogP contribution in [0.2, 0.25) is 0 Å². The molecule has 8 nitrogen and oxygen atoms in total. The first kappa shape index (κ1) is 21.8. The summed E-state index contributed by atoms with van der Waals surface area (Å²) in [5, 5.41) is 6.69. The Bertz CT molecular complexity index is 1380. The molecule has 0 saturated carbocycles. The Hall–Kier alpha value is -4.40. The number of rotatable bonds is 7. The minimum Gasteiger partial charge on any atom is -0.350 e. The second kappa shape index (κ2) is 9.82. The van der Waals surface area contributed by atoms with E-state index in [1.54, 1.807) is 48.7 Å². The molecule has 2 heterocycles. The molecule has 4 rings (SSSR count). The van der Waals surface area contributed by atoms with Gasteiger partial charge in [0.15, 0.2) is 0 Å². The van der Waals surface area contributed by atoms with Crippen LogP contribution >= 0.6 is 0 Å². The molecular weight excluding hydrogens is 425 g/mol. The molecular formula is C24H20FN5O3. The van der Waals surface area contributed by atoms with E-state index in [9.17, 15) is 18.8 Å². The molecule has 166 valence electrons. The van der Waals surface area contributed by atoms with E-state index in [0.717, 1.165) is 14.9 Å². The normalized spacial score (nSPS) is 10.7. The van der Waals surface area contributed by atoms with Crippen LogP contribution in [0.4, 0.5) is 4.39 Å². The lowest BCUT2D eigenvalue weighted by molar-refractivity contribution is 0.0944. The van der Waals surface area contributed by atoms with Crippen molar-refractivity contribution in [3.05, 3.63) is 123 Å². The third kappa shape index (κ3) is 4.93. The summed E-state index contributed by atoms with van der Waals surface area (Å²) in [6.07, 6.45) is 2.10. The SMILES string of the molecule is O=C(NCCc1ccccn1)c1nn(-c2ccccc2)c(=O)n(Cc2ccccc2F)c1=O. The number of pyridine rings is 1. The van der Waals surface area contributed by atoms with Gasteiger partial charge in [0.1, 0.15) is 5.82 Å². The molecule has 2 aromatic heterocycles. The molecule has 1 amide bonds. The van der Waals surface area contributed by atoms with Crippen LogP contribution in [0.1, 0.15) is 21.7 Å². The number of carbonyl (C=O) groups is 1. The highest BCUT2D eigenvalue weighted by molar-refractivity contribution is 5.91. The van der Waals surface area contributed by atoms with Crippen LogP contribution in [-0.2, 0) is 13.0 Å². The molecule has 0 saturated heterocycles. The summed E-state index contributed by atoms with van der Waals surface area (Å²) in [5.41, 5.74) is -0.852. The Morgan fingerprint density at radius 2 is 1.67 bits per heavy atom. The predicted octanol–water partition coefficient (Wildman–Crippen LogP) is 1.95. The first-order valence-electron chi connectivity index (χ1n) is 10.3. The predicted molar refractivity (Wildman–Crippen MR) is 120 cm³/mol. The van der Waals surface area contributed by atoms with Gasteiger partial charge in [-0.3, -0.25) is 19.1 Å². The van der Waals surface area contributed by atoms with Crippen LogP contribution in [0.3, 0.4) is 0 Å². The Morgan fingerprint density at radius 3 is 2.39 bits per heavy atom. The van der Waals surface area contributed by atoms with Crippen molar-refractivity contribution >= 4 is 5.91 Å². The van der Waals surface area contributed by atoms with Gasteiger partial charge in [-0.2, -0.15) is 9.78 Å². The molecule has 0 bridgehead atoms. The third-order valence-corrected chi connectivity index (χ3v) is 4.95. The van der Waals surface area contributed by atoms with Crippen LogP contribution in [0.25, 0.3) is 5.69 Å². The molecule has 4 aromatic rings. The smallest absolute Gasteiger partial charge is 0.350 e. The Balaban J connectivity index is 1.71. The standard InChI is InChI=1S/C24H20FN5O3/c25-20-12-5-4-8-17(20)16-29-23(32)21(22(31)27-15-13-18-9-6-7-14-26-18)28-30(24(29)33)19-10-2-1-3-11-19/h1-12,14H,13,15-16H2,(H,27,31). The van der Waals surface area contributed by atoms with Crippen molar-refractivity contribution < 1.29 is 9.18 Å². The number of nitrogens with one attached hydrogen (secondary N) is 1. The molecule has 0 aliphatic heterocycles. The first-order valence-corrected chi connectivity index (χ1v) is 10.3. The molecule has 1 N–H and O–H groups in total. The average molecular weight is 445 g/mol. The highest BCUT2D eigenvalue weighted by atomic mass is 19.1. The zero-order chi connectivity index (χ0) is 23.2. The van der Waals surface area contributed by atoms with Gasteiger partial charge in [0.2, 0.25) is 5.69 Å². The molecule has 2 aromatic carbocycles. The number of aromatic nitrogens is 4. The maximum Gasteiger partial charge on any atom is 0.352 e. The highest BCUT2D eigenvalue weighted by Gasteiger charge is 2.21. The highest BCUT2D eigenvalue weighted by Crippen LogP contribution is 2.07. The van der Waals surface area contributed by atoms with Crippen molar-refractivity contribution in [1.82, 2.24) is 24.6 Å². The average Bonchev–Trinajstić information content (AvgIpc) is 2.84. The molecule has 0 radical (unpaired) electrons. The summed E-state index contributed by atoms with van der Waals surface area (Å²) in [4.78, 5) is 43.1. The Morgan fingerprint density at radius 1 is 0.939 bits per heavy atom. The lowest BCUT2D eigenvalue weighted by Gasteiger charge is -2.12. The minimum atomic E-state index is -0.897. The topological polar surface area (TPSA) is 98.9 Å². The van der Waals surface area contributed by atoms with Crippen molar-refractivity contribution in [1.29, 1.82) is 0 Å². The van der Waals surface area contributed by atoms with Crippen molar-refractivity contribution in [2.75, 3.05) is 6.54 Å². The van der Waals surface area contributed by atoms with E-state index in [2.05, 4.69) is 15.4 Å². The molecule has 0 spiro atoms. The first-order chi connectivity index (χ1) is 16.0. The molecule has 0 unspecified atom stereocenters. The minimum absolute atomic E-state index is 0.143. The summed E-state index contributed by atoms with van der Waals surface area (Å²) in [5.74, 6) is -1.30. The van der Waals surface area contributed by atoms with Crippen LogP contribution in [0, 0.1) is 5.82 Å². The van der Waals surface area contributed by atoms with Gasteiger partial charge >= 0.3 is 5.69 Å². The van der Waals surface area contributed by atoms with Gasteiger partial charge in [-0.25, -0.2) is 9.18 Å². The summed E-state index contributed by atoms with van der Waals surface area (Å²) in [6.45, 7) is -0.122. The number of hydrogen-bond acceptors (Lipinski definition) is 5. The van der Waals surface area contributed by atoms with E-state index in [4.69, 9.17) is 0 Å². The lowest BCUT2D eigenvalue weighted by atomic mass is 10.2. The number of halogens is 1. The van der Waals surface area contributed by atoms with E-state index in [1.165, 1.54) is 18.2 Å². The zero-order valence-corrected chi connectivity index (χ0v) is 17.5. The fraction of sp³-hybridized carbons (Fsp3) is 0.125. The number of amides is 1. The van der Waals surface area contributed by atoms with Gasteiger partial charge in [0.05, 0.1) is 12.2 Å². The van der Waals surface area contributed by atoms with E-state index in [-0.39, 0.29) is 18.7 Å². The van der Waals surface area contributed by atoms with Crippen molar-refractivity contribution in [2.24, 2.45) is 0 Å². The second-order valence-electron chi connectivity index (χ2n) is 7.19. The maximum atomic E-state index is 14.2. The molecule has 0 fully saturated rings. The molecule has 0 aliphatic carbocycles. The zero-order valence-electron chi connectivity index (χ0n) is 17.5. The fourth-order valence-electron chi connectivity index (χ4n) is 3.26. The Labute approximate surface area is 188 Å². The van der Waals surface area contributed by atoms with Crippen molar-refractivity contribution in [3.63, 3.8) is 0 Å². The monoisotopic (exact) mass is 445 g/mol. The van der Waals surface area contributed by atoms with E-state index < -0.39 is 28.7 Å². The lowest BCUT2D eigenvalue weighted by Crippen LogP contribution is -2.46. The van der Waals surface area contributed by atoms with Gasteiger partial charge in [0.25, 0.3) is 11.5 Å². The van der Waals surface area contributed by atoms with Crippen LogP contribution < -0.4 is 16.6 Å². The molecule has 0 atom stereocenters. The van der Waals surface area contributed by atoms with Gasteiger partial charge in [-0.05, 0) is 30.3 Å². The molecule has 9 heteroatoms. The number of carbonyl (C=O) groups excluding carboxylic acids is 1. The number of hydrogen-bond donors (Lipinski definition) is 1. The number of benzene rings is 2. The number of para-hydroxylation sites is 1. The molecule has 0 aliphatic rings. The van der Waals surface area contributed by atoms with Gasteiger partial charge < -0.3 is 5.32 Å². The fourth-order valence-corrected chi connectivity index (χ4v) is 3.26. The van der Waals surface area contributed by atoms with E-state index in [0.29, 0.717) is 12.1 Å². The van der Waals surface area contributed by atoms with E-state index >= 15 is 0 Å². The van der Waals surface area contributed by atoms with Gasteiger partial charge in [-0.1, -0.05) is 42.5 Å². The summed E-state index contributed by atoms with van der Waals surface area (Å²) >= 11 is 0. The summed E-state index contributed by atoms with van der Waals surface area (Å²) in [7, 11) is 0. The van der Waals surface area contributed by atoms with Gasteiger partial charge in [-0.15, -0.1) is 0 Å². The van der Waals surface area contributed by atoms with Crippen LogP contribution in [0.5, 0.6) is 0 Å². The van der Waals surface area contributed by atoms with Crippen LogP contribution in [-0.4, -0.2) is 31.8 Å². The summed E-state index contributed by atoms with van der Waals surface area (Å²) in [6, 6.07) is 19.7. The second-order valence-corrected chi connectivity index (χ2v) is 7.19. The van der Waals surface area contributed by atoms with Crippen molar-refractivity contribution in [2.45, 2.75) is 13.0 Å². The quantitative estimate of drug-likeness (QED) is 0.469. The Kier molecular flexibility index (Phi) is 6.49. The van der Waals surface area contributed by atoms with E-state index in [1.807, 2.05) is 12.1 Å².